The summed E-state index contributed by atoms with van der Waals surface area (Å²) in [5, 5.41) is 0. The molecule has 0 aliphatic rings. The van der Waals surface area contributed by atoms with Crippen molar-refractivity contribution in [2.75, 3.05) is 13.1 Å². The second-order valence-electron chi connectivity index (χ2n) is 4.12. The van der Waals surface area contributed by atoms with E-state index in [4.69, 9.17) is 10.5 Å². The summed E-state index contributed by atoms with van der Waals surface area (Å²) in [5.41, 5.74) is 6.57. The highest BCUT2D eigenvalue weighted by molar-refractivity contribution is 5.80. The predicted octanol–water partition coefficient (Wildman–Crippen LogP) is 1.78. The molecule has 0 radical (unpaired) electrons. The molecule has 0 aromatic heterocycles. The lowest BCUT2D eigenvalue weighted by Crippen LogP contribution is -2.40. The molecule has 2 N–H and O–H groups in total. The summed E-state index contributed by atoms with van der Waals surface area (Å²) < 4.78 is 5.66. The van der Waals surface area contributed by atoms with Gasteiger partial charge in [0.25, 0.3) is 5.91 Å². The summed E-state index contributed by atoms with van der Waals surface area (Å²) >= 11 is 0. The first kappa shape index (κ1) is 14.5. The molecule has 1 unspecified atom stereocenters. The summed E-state index contributed by atoms with van der Waals surface area (Å²) in [6, 6.07) is 7.52. The van der Waals surface area contributed by atoms with Crippen molar-refractivity contribution in [2.45, 2.75) is 33.4 Å². The molecule has 1 atom stereocenters. The van der Waals surface area contributed by atoms with Crippen molar-refractivity contribution in [3.05, 3.63) is 29.8 Å². The molecular formula is C14H22N2O2. The maximum atomic E-state index is 12.0. The Bertz CT molecular complexity index is 389. The van der Waals surface area contributed by atoms with Gasteiger partial charge in [-0.15, -0.1) is 0 Å². The molecule has 1 aromatic carbocycles. The molecule has 0 bridgehead atoms. The molecule has 1 aromatic rings. The maximum absolute atomic E-state index is 12.0. The van der Waals surface area contributed by atoms with Crippen LogP contribution in [0.3, 0.4) is 0 Å². The van der Waals surface area contributed by atoms with Crippen LogP contribution in [0, 0.1) is 0 Å². The van der Waals surface area contributed by atoms with Crippen LogP contribution in [-0.4, -0.2) is 30.0 Å². The molecule has 0 saturated carbocycles. The van der Waals surface area contributed by atoms with Crippen LogP contribution in [0.25, 0.3) is 0 Å². The average Bonchev–Trinajstić information content (AvgIpc) is 2.40. The van der Waals surface area contributed by atoms with Gasteiger partial charge >= 0.3 is 0 Å². The van der Waals surface area contributed by atoms with E-state index in [9.17, 15) is 4.79 Å². The summed E-state index contributed by atoms with van der Waals surface area (Å²) in [5.74, 6) is 0.698. The lowest BCUT2D eigenvalue weighted by atomic mass is 10.2. The number of likely N-dealkylation sites (N-methyl/N-ethyl adjacent to an activating group) is 1. The fourth-order valence-corrected chi connectivity index (χ4v) is 1.79. The van der Waals surface area contributed by atoms with Crippen LogP contribution in [0.1, 0.15) is 26.3 Å². The van der Waals surface area contributed by atoms with Crippen molar-refractivity contribution in [1.82, 2.24) is 4.90 Å². The largest absolute Gasteiger partial charge is 0.481 e. The highest BCUT2D eigenvalue weighted by atomic mass is 16.5. The topological polar surface area (TPSA) is 55.6 Å². The number of nitrogens with zero attached hydrogens (tertiary/aromatic N) is 1. The van der Waals surface area contributed by atoms with Crippen LogP contribution in [-0.2, 0) is 11.3 Å². The van der Waals surface area contributed by atoms with E-state index in [-0.39, 0.29) is 5.91 Å². The van der Waals surface area contributed by atoms with Crippen LogP contribution < -0.4 is 10.5 Å². The van der Waals surface area contributed by atoms with Gasteiger partial charge < -0.3 is 15.4 Å². The standard InChI is InChI=1S/C14H22N2O2/c1-4-16(5-2)14(17)11(3)18-13-8-6-7-12(9-13)10-15/h6-9,11H,4-5,10,15H2,1-3H3. The number of benzene rings is 1. The van der Waals surface area contributed by atoms with E-state index in [2.05, 4.69) is 0 Å². The highest BCUT2D eigenvalue weighted by Gasteiger charge is 2.19. The van der Waals surface area contributed by atoms with Crippen LogP contribution in [0.5, 0.6) is 5.75 Å². The van der Waals surface area contributed by atoms with Gasteiger partial charge in [0.15, 0.2) is 6.10 Å². The molecule has 0 aliphatic heterocycles. The molecule has 4 nitrogen and oxygen atoms in total. The number of rotatable bonds is 6. The first-order valence-electron chi connectivity index (χ1n) is 6.36. The summed E-state index contributed by atoms with van der Waals surface area (Å²) in [4.78, 5) is 13.8. The van der Waals surface area contributed by atoms with E-state index in [1.54, 1.807) is 11.8 Å². The molecule has 0 aliphatic carbocycles. The zero-order valence-corrected chi connectivity index (χ0v) is 11.3. The Hall–Kier alpha value is -1.55. The Balaban J connectivity index is 2.68. The second-order valence-corrected chi connectivity index (χ2v) is 4.12. The fraction of sp³-hybridized carbons (Fsp3) is 0.500. The highest BCUT2D eigenvalue weighted by Crippen LogP contribution is 2.15. The minimum Gasteiger partial charge on any atom is -0.481 e. The zero-order chi connectivity index (χ0) is 13.5. The van der Waals surface area contributed by atoms with Gasteiger partial charge in [-0.2, -0.15) is 0 Å². The number of hydrogen-bond donors (Lipinski definition) is 1. The normalized spacial score (nSPS) is 12.0. The van der Waals surface area contributed by atoms with Crippen molar-refractivity contribution in [3.8, 4) is 5.75 Å². The minimum atomic E-state index is -0.474. The van der Waals surface area contributed by atoms with Crippen LogP contribution in [0.15, 0.2) is 24.3 Å². The van der Waals surface area contributed by atoms with Crippen molar-refractivity contribution < 1.29 is 9.53 Å². The van der Waals surface area contributed by atoms with Crippen molar-refractivity contribution in [1.29, 1.82) is 0 Å². The molecule has 0 spiro atoms. The van der Waals surface area contributed by atoms with Gasteiger partial charge in [-0.1, -0.05) is 12.1 Å². The van der Waals surface area contributed by atoms with Crippen LogP contribution in [0.4, 0.5) is 0 Å². The molecule has 100 valence electrons. The zero-order valence-electron chi connectivity index (χ0n) is 11.3. The van der Waals surface area contributed by atoms with Crippen LogP contribution >= 0.6 is 0 Å². The Labute approximate surface area is 109 Å². The van der Waals surface area contributed by atoms with E-state index in [1.165, 1.54) is 0 Å². The van der Waals surface area contributed by atoms with Gasteiger partial charge in [-0.3, -0.25) is 4.79 Å². The number of carbonyl (C=O) groups is 1. The van der Waals surface area contributed by atoms with Crippen molar-refractivity contribution >= 4 is 5.91 Å². The smallest absolute Gasteiger partial charge is 0.263 e. The third kappa shape index (κ3) is 3.74. The van der Waals surface area contributed by atoms with Gasteiger partial charge in [0.2, 0.25) is 0 Å². The molecule has 1 rings (SSSR count). The first-order chi connectivity index (χ1) is 8.62. The lowest BCUT2D eigenvalue weighted by molar-refractivity contribution is -0.137. The Morgan fingerprint density at radius 3 is 2.61 bits per heavy atom. The van der Waals surface area contributed by atoms with E-state index in [1.807, 2.05) is 38.1 Å². The summed E-state index contributed by atoms with van der Waals surface area (Å²) in [6.07, 6.45) is -0.474. The van der Waals surface area contributed by atoms with Gasteiger partial charge in [-0.05, 0) is 38.5 Å². The summed E-state index contributed by atoms with van der Waals surface area (Å²) in [6.45, 7) is 7.56. The van der Waals surface area contributed by atoms with Gasteiger partial charge in [0.1, 0.15) is 5.75 Å². The monoisotopic (exact) mass is 250 g/mol. The van der Waals surface area contributed by atoms with Crippen molar-refractivity contribution in [3.63, 3.8) is 0 Å². The molecule has 0 fully saturated rings. The quantitative estimate of drug-likeness (QED) is 0.837. The average molecular weight is 250 g/mol. The first-order valence-corrected chi connectivity index (χ1v) is 6.36. The third-order valence-corrected chi connectivity index (χ3v) is 2.87. The molecule has 4 heteroatoms. The molecule has 0 saturated heterocycles. The molecular weight excluding hydrogens is 228 g/mol. The second kappa shape index (κ2) is 7.01. The van der Waals surface area contributed by atoms with E-state index in [0.29, 0.717) is 25.4 Å². The SMILES string of the molecule is CCN(CC)C(=O)C(C)Oc1cccc(CN)c1. The number of ether oxygens (including phenoxy) is 1. The Morgan fingerprint density at radius 1 is 1.39 bits per heavy atom. The third-order valence-electron chi connectivity index (χ3n) is 2.87. The number of hydrogen-bond acceptors (Lipinski definition) is 3. The van der Waals surface area contributed by atoms with Gasteiger partial charge in [0, 0.05) is 19.6 Å². The molecule has 18 heavy (non-hydrogen) atoms. The lowest BCUT2D eigenvalue weighted by Gasteiger charge is -2.23. The molecule has 1 amide bonds. The Kier molecular flexibility index (Phi) is 5.65. The fourth-order valence-electron chi connectivity index (χ4n) is 1.79. The van der Waals surface area contributed by atoms with Gasteiger partial charge in [-0.25, -0.2) is 0 Å². The number of amides is 1. The predicted molar refractivity (Wildman–Crippen MR) is 72.4 cm³/mol. The Morgan fingerprint density at radius 2 is 2.06 bits per heavy atom. The molecule has 0 heterocycles. The maximum Gasteiger partial charge on any atom is 0.263 e. The van der Waals surface area contributed by atoms with Gasteiger partial charge in [0.05, 0.1) is 0 Å². The minimum absolute atomic E-state index is 0.0122. The van der Waals surface area contributed by atoms with E-state index in [0.717, 1.165) is 5.56 Å². The van der Waals surface area contributed by atoms with E-state index < -0.39 is 6.10 Å². The number of nitrogens with two attached hydrogens (primary N) is 1. The van der Waals surface area contributed by atoms with Crippen LogP contribution in [0.2, 0.25) is 0 Å². The van der Waals surface area contributed by atoms with E-state index >= 15 is 0 Å². The number of carbonyl (C=O) groups excluding carboxylic acids is 1. The van der Waals surface area contributed by atoms with Crippen molar-refractivity contribution in [2.24, 2.45) is 5.73 Å². The summed E-state index contributed by atoms with van der Waals surface area (Å²) in [7, 11) is 0.